The van der Waals surface area contributed by atoms with E-state index in [1.54, 1.807) is 34.1 Å². The Morgan fingerprint density at radius 3 is 1.35 bits per heavy atom. The van der Waals surface area contributed by atoms with E-state index in [0.717, 1.165) is 6.61 Å². The average Bonchev–Trinajstić information content (AvgIpc) is 2.66. The molecule has 0 heterocycles. The standard InChI is InChI=1S/C11H24O6Si.C5H12O2Si/c1-5-18(15-9-6-12-2,16-10-7-13-3)17-11-8-14-4;1-3-8-7-5-4-6-2/h5H,1,6-11H2,2-4H3;3H,1,4-5,8H2,2H3. The second kappa shape index (κ2) is 22.6. The SMILES string of the molecule is C=C[SiH2]OCCOC.C=C[Si](OCCOC)(OCCOC)OCCOC. The molecule has 0 aliphatic carbocycles. The molecule has 0 radical (unpaired) electrons. The Hall–Kier alpha value is -0.406. The van der Waals surface area contributed by atoms with E-state index < -0.39 is 18.6 Å². The lowest BCUT2D eigenvalue weighted by atomic mass is 10.8. The Bertz CT molecular complexity index is 281. The second-order valence-corrected chi connectivity index (χ2v) is 8.49. The first-order chi connectivity index (χ1) is 12.7. The van der Waals surface area contributed by atoms with Gasteiger partial charge in [0.15, 0.2) is 9.76 Å². The van der Waals surface area contributed by atoms with Crippen LogP contribution in [0.5, 0.6) is 0 Å². The van der Waals surface area contributed by atoms with Crippen molar-refractivity contribution < 1.29 is 36.7 Å². The summed E-state index contributed by atoms with van der Waals surface area (Å²) in [6.07, 6.45) is 0. The van der Waals surface area contributed by atoms with Crippen LogP contribution in [0.4, 0.5) is 0 Å². The normalized spacial score (nSPS) is 11.4. The number of hydrogen-bond acceptors (Lipinski definition) is 8. The molecule has 8 nitrogen and oxygen atoms in total. The number of hydrogen-bond donors (Lipinski definition) is 0. The monoisotopic (exact) mass is 412 g/mol. The van der Waals surface area contributed by atoms with Crippen molar-refractivity contribution in [3.8, 4) is 0 Å². The van der Waals surface area contributed by atoms with Crippen molar-refractivity contribution in [2.24, 2.45) is 0 Å². The van der Waals surface area contributed by atoms with E-state index >= 15 is 0 Å². The maximum atomic E-state index is 5.65. The first-order valence-electron chi connectivity index (χ1n) is 8.36. The van der Waals surface area contributed by atoms with Gasteiger partial charge in [0, 0.05) is 28.4 Å². The smallest absolute Gasteiger partial charge is 0.417 e. The molecule has 0 fully saturated rings. The largest absolute Gasteiger partial charge is 0.529 e. The molecule has 0 aliphatic heterocycles. The Morgan fingerprint density at radius 1 is 0.654 bits per heavy atom. The van der Waals surface area contributed by atoms with Crippen LogP contribution in [-0.2, 0) is 36.7 Å². The topological polar surface area (TPSA) is 73.8 Å². The maximum Gasteiger partial charge on any atom is 0.529 e. The molecule has 0 amide bonds. The fourth-order valence-electron chi connectivity index (χ4n) is 1.41. The van der Waals surface area contributed by atoms with Crippen molar-refractivity contribution in [3.05, 3.63) is 24.6 Å². The van der Waals surface area contributed by atoms with Gasteiger partial charge in [0.25, 0.3) is 0 Å². The molecule has 26 heavy (non-hydrogen) atoms. The van der Waals surface area contributed by atoms with Crippen molar-refractivity contribution in [2.75, 3.05) is 81.3 Å². The highest BCUT2D eigenvalue weighted by molar-refractivity contribution is 6.66. The minimum Gasteiger partial charge on any atom is -0.417 e. The Morgan fingerprint density at radius 2 is 1.04 bits per heavy atom. The number of methoxy groups -OCH3 is 4. The van der Waals surface area contributed by atoms with Gasteiger partial charge in [-0.25, -0.2) is 0 Å². The first-order valence-corrected chi connectivity index (χ1v) is 11.6. The van der Waals surface area contributed by atoms with Crippen LogP contribution in [0.15, 0.2) is 24.6 Å². The molecule has 0 aromatic heterocycles. The molecule has 0 aromatic rings. The summed E-state index contributed by atoms with van der Waals surface area (Å²) >= 11 is 0. The summed E-state index contributed by atoms with van der Waals surface area (Å²) in [6, 6.07) is 0. The van der Waals surface area contributed by atoms with Crippen molar-refractivity contribution in [3.63, 3.8) is 0 Å². The van der Waals surface area contributed by atoms with Gasteiger partial charge in [0.1, 0.15) is 0 Å². The van der Waals surface area contributed by atoms with Crippen LogP contribution >= 0.6 is 0 Å². The summed E-state index contributed by atoms with van der Waals surface area (Å²) in [5.74, 6) is 0. The highest BCUT2D eigenvalue weighted by Gasteiger charge is 2.37. The fraction of sp³-hybridized carbons (Fsp3) is 0.750. The lowest BCUT2D eigenvalue weighted by Gasteiger charge is -2.26. The lowest BCUT2D eigenvalue weighted by Crippen LogP contribution is -2.46. The van der Waals surface area contributed by atoms with Crippen LogP contribution in [0, 0.1) is 0 Å². The summed E-state index contributed by atoms with van der Waals surface area (Å²) in [4.78, 5) is 0. The van der Waals surface area contributed by atoms with E-state index in [1.807, 2.05) is 5.70 Å². The zero-order chi connectivity index (χ0) is 19.9. The minimum atomic E-state index is -2.86. The molecular formula is C16H36O8Si2. The molecule has 0 saturated carbocycles. The van der Waals surface area contributed by atoms with E-state index in [2.05, 4.69) is 13.2 Å². The van der Waals surface area contributed by atoms with Crippen molar-refractivity contribution in [1.82, 2.24) is 0 Å². The molecule has 0 rings (SSSR count). The van der Waals surface area contributed by atoms with Crippen LogP contribution < -0.4 is 0 Å². The molecule has 0 N–H and O–H groups in total. The molecule has 0 unspecified atom stereocenters. The second-order valence-electron chi connectivity index (χ2n) is 4.69. The summed E-state index contributed by atoms with van der Waals surface area (Å²) in [6.45, 7) is 11.3. The predicted molar refractivity (Wildman–Crippen MR) is 106 cm³/mol. The molecule has 0 aromatic carbocycles. The molecule has 156 valence electrons. The molecular weight excluding hydrogens is 376 g/mol. The Labute approximate surface area is 161 Å². The highest BCUT2D eigenvalue weighted by atomic mass is 28.4. The van der Waals surface area contributed by atoms with Gasteiger partial charge in [-0.05, 0) is 5.70 Å². The van der Waals surface area contributed by atoms with Gasteiger partial charge in [0.2, 0.25) is 0 Å². The van der Waals surface area contributed by atoms with Crippen molar-refractivity contribution in [2.45, 2.75) is 0 Å². The van der Waals surface area contributed by atoms with Crippen LogP contribution in [-0.4, -0.2) is 99.9 Å². The van der Waals surface area contributed by atoms with Gasteiger partial charge in [-0.1, -0.05) is 12.3 Å². The first kappa shape index (κ1) is 27.8. The van der Waals surface area contributed by atoms with Gasteiger partial charge in [-0.2, -0.15) is 0 Å². The third-order valence-electron chi connectivity index (χ3n) is 2.69. The van der Waals surface area contributed by atoms with Gasteiger partial charge in [0.05, 0.1) is 52.9 Å². The fourth-order valence-corrected chi connectivity index (χ4v) is 3.57. The molecule has 0 aliphatic rings. The van der Waals surface area contributed by atoms with Crippen molar-refractivity contribution >= 4 is 18.6 Å². The Balaban J connectivity index is 0. The van der Waals surface area contributed by atoms with Crippen molar-refractivity contribution in [1.29, 1.82) is 0 Å². The van der Waals surface area contributed by atoms with Gasteiger partial charge >= 0.3 is 8.80 Å². The van der Waals surface area contributed by atoms with Gasteiger partial charge < -0.3 is 36.7 Å². The summed E-state index contributed by atoms with van der Waals surface area (Å²) in [5.41, 5.74) is 3.46. The van der Waals surface area contributed by atoms with Crippen LogP contribution in [0.3, 0.4) is 0 Å². The van der Waals surface area contributed by atoms with E-state index in [0.29, 0.717) is 46.2 Å². The van der Waals surface area contributed by atoms with Crippen LogP contribution in [0.25, 0.3) is 0 Å². The van der Waals surface area contributed by atoms with Crippen LogP contribution in [0.1, 0.15) is 0 Å². The molecule has 0 spiro atoms. The Kier molecular flexibility index (Phi) is 24.2. The number of ether oxygens (including phenoxy) is 4. The van der Waals surface area contributed by atoms with Crippen LogP contribution in [0.2, 0.25) is 0 Å². The number of rotatable bonds is 18. The predicted octanol–water partition coefficient (Wildman–Crippen LogP) is 0.516. The van der Waals surface area contributed by atoms with Gasteiger partial charge in [-0.3, -0.25) is 0 Å². The van der Waals surface area contributed by atoms with E-state index in [4.69, 9.17) is 36.7 Å². The highest BCUT2D eigenvalue weighted by Crippen LogP contribution is 2.11. The summed E-state index contributed by atoms with van der Waals surface area (Å²) in [7, 11) is 3.22. The van der Waals surface area contributed by atoms with E-state index in [9.17, 15) is 0 Å². The summed E-state index contributed by atoms with van der Waals surface area (Å²) < 4.78 is 41.6. The minimum absolute atomic E-state index is 0.398. The quantitative estimate of drug-likeness (QED) is 0.238. The average molecular weight is 413 g/mol. The molecule has 0 atom stereocenters. The molecule has 0 bridgehead atoms. The maximum absolute atomic E-state index is 5.65. The van der Waals surface area contributed by atoms with Gasteiger partial charge in [-0.15, -0.1) is 6.58 Å². The third kappa shape index (κ3) is 18.4. The zero-order valence-corrected chi connectivity index (χ0v) is 19.1. The zero-order valence-electron chi connectivity index (χ0n) is 16.7. The third-order valence-corrected chi connectivity index (χ3v) is 5.77. The lowest BCUT2D eigenvalue weighted by molar-refractivity contribution is 0.0232. The van der Waals surface area contributed by atoms with E-state index in [-0.39, 0.29) is 0 Å². The van der Waals surface area contributed by atoms with E-state index in [1.165, 1.54) is 0 Å². The molecule has 10 heteroatoms. The summed E-state index contributed by atoms with van der Waals surface area (Å²) in [5, 5.41) is 0. The molecule has 0 saturated heterocycles.